The molecule has 0 unspecified atom stereocenters. The fraction of sp³-hybridized carbons (Fsp3) is 0.188. The van der Waals surface area contributed by atoms with E-state index in [1.54, 1.807) is 6.20 Å². The van der Waals surface area contributed by atoms with Gasteiger partial charge < -0.3 is 0 Å². The van der Waals surface area contributed by atoms with Crippen molar-refractivity contribution in [1.29, 1.82) is 0 Å². The first kappa shape index (κ1) is 14.4. The van der Waals surface area contributed by atoms with Gasteiger partial charge in [0.25, 0.3) is 0 Å². The molecule has 0 bridgehead atoms. The van der Waals surface area contributed by atoms with Crippen molar-refractivity contribution in [3.63, 3.8) is 0 Å². The molecule has 0 aliphatic carbocycles. The highest BCUT2D eigenvalue weighted by molar-refractivity contribution is 9.10. The number of nitrogens with zero attached hydrogens (tertiary/aromatic N) is 3. The van der Waals surface area contributed by atoms with Crippen molar-refractivity contribution < 1.29 is 0 Å². The average Bonchev–Trinajstić information content (AvgIpc) is 2.49. The van der Waals surface area contributed by atoms with Crippen LogP contribution in [0.4, 0.5) is 0 Å². The number of hydrogen-bond donors (Lipinski definition) is 0. The van der Waals surface area contributed by atoms with Gasteiger partial charge in [0.2, 0.25) is 0 Å². The van der Waals surface area contributed by atoms with Gasteiger partial charge in [0.15, 0.2) is 5.82 Å². The summed E-state index contributed by atoms with van der Waals surface area (Å²) < 4.78 is 0.760. The number of pyridine rings is 1. The van der Waals surface area contributed by atoms with Gasteiger partial charge in [0.05, 0.1) is 10.2 Å². The van der Waals surface area contributed by atoms with E-state index in [4.69, 9.17) is 11.6 Å². The van der Waals surface area contributed by atoms with Crippen molar-refractivity contribution in [3.05, 3.63) is 52.0 Å². The quantitative estimate of drug-likeness (QED) is 0.586. The van der Waals surface area contributed by atoms with Crippen molar-refractivity contribution in [3.8, 4) is 11.4 Å². The number of fused-ring (bicyclic) bond motifs is 1. The normalized spacial score (nSPS) is 11.3. The summed E-state index contributed by atoms with van der Waals surface area (Å²) in [7, 11) is 0. The Bertz CT molecular complexity index is 812. The molecule has 21 heavy (non-hydrogen) atoms. The second-order valence-electron chi connectivity index (χ2n) is 5.10. The lowest BCUT2D eigenvalue weighted by atomic mass is 10.1. The Labute approximate surface area is 136 Å². The maximum absolute atomic E-state index is 6.25. The molecule has 0 aliphatic rings. The van der Waals surface area contributed by atoms with Crippen molar-refractivity contribution in [2.24, 2.45) is 0 Å². The summed E-state index contributed by atoms with van der Waals surface area (Å²) in [6.07, 6.45) is 3.62. The van der Waals surface area contributed by atoms with Crippen LogP contribution in [0.2, 0.25) is 5.15 Å². The van der Waals surface area contributed by atoms with E-state index in [2.05, 4.69) is 44.7 Å². The van der Waals surface area contributed by atoms with Gasteiger partial charge in [-0.3, -0.25) is 4.98 Å². The molecular weight excluding hydrogens is 350 g/mol. The molecule has 0 N–H and O–H groups in total. The molecule has 0 saturated carbocycles. The zero-order chi connectivity index (χ0) is 15.0. The average molecular weight is 363 g/mol. The molecule has 2 aromatic heterocycles. The molecule has 5 heteroatoms. The summed E-state index contributed by atoms with van der Waals surface area (Å²) in [6, 6.07) is 8.05. The molecule has 3 nitrogen and oxygen atoms in total. The summed E-state index contributed by atoms with van der Waals surface area (Å²) >= 11 is 9.71. The van der Waals surface area contributed by atoms with E-state index in [0.29, 0.717) is 11.0 Å². The van der Waals surface area contributed by atoms with Gasteiger partial charge in [-0.05, 0) is 27.2 Å². The molecule has 3 aromatic rings. The Morgan fingerprint density at radius 3 is 2.62 bits per heavy atom. The lowest BCUT2D eigenvalue weighted by Gasteiger charge is -2.12. The predicted molar refractivity (Wildman–Crippen MR) is 89.6 cm³/mol. The molecule has 106 valence electrons. The van der Waals surface area contributed by atoms with Gasteiger partial charge in [-0.15, -0.1) is 0 Å². The number of benzene rings is 1. The van der Waals surface area contributed by atoms with Crippen LogP contribution in [0, 0.1) is 0 Å². The Balaban J connectivity index is 2.28. The first-order valence-corrected chi connectivity index (χ1v) is 7.81. The van der Waals surface area contributed by atoms with Crippen molar-refractivity contribution in [2.75, 3.05) is 0 Å². The molecule has 2 heterocycles. The highest BCUT2D eigenvalue weighted by Gasteiger charge is 2.16. The number of hydrogen-bond acceptors (Lipinski definition) is 3. The Morgan fingerprint density at radius 1 is 1.10 bits per heavy atom. The van der Waals surface area contributed by atoms with E-state index < -0.39 is 0 Å². The summed E-state index contributed by atoms with van der Waals surface area (Å²) in [5.41, 5.74) is 1.79. The van der Waals surface area contributed by atoms with E-state index in [9.17, 15) is 0 Å². The summed E-state index contributed by atoms with van der Waals surface area (Å²) in [5, 5.41) is 2.56. The van der Waals surface area contributed by atoms with Gasteiger partial charge in [0.1, 0.15) is 5.15 Å². The molecule has 0 aliphatic heterocycles. The second-order valence-corrected chi connectivity index (χ2v) is 6.25. The monoisotopic (exact) mass is 361 g/mol. The minimum atomic E-state index is 0.251. The SMILES string of the molecule is CC(C)c1nc(-c2cncc3ccccc23)nc(Cl)c1Br. The number of rotatable bonds is 2. The number of halogens is 2. The van der Waals surface area contributed by atoms with E-state index in [-0.39, 0.29) is 5.92 Å². The molecule has 0 spiro atoms. The minimum absolute atomic E-state index is 0.251. The van der Waals surface area contributed by atoms with Crippen LogP contribution in [0.25, 0.3) is 22.2 Å². The highest BCUT2D eigenvalue weighted by Crippen LogP contribution is 2.32. The van der Waals surface area contributed by atoms with E-state index >= 15 is 0 Å². The van der Waals surface area contributed by atoms with E-state index in [0.717, 1.165) is 26.5 Å². The third kappa shape index (κ3) is 2.65. The maximum atomic E-state index is 6.25. The summed E-state index contributed by atoms with van der Waals surface area (Å²) in [4.78, 5) is 13.4. The topological polar surface area (TPSA) is 38.7 Å². The van der Waals surface area contributed by atoms with Crippen LogP contribution in [-0.4, -0.2) is 15.0 Å². The van der Waals surface area contributed by atoms with Gasteiger partial charge in [0, 0.05) is 23.3 Å². The highest BCUT2D eigenvalue weighted by atomic mass is 79.9. The van der Waals surface area contributed by atoms with Gasteiger partial charge in [-0.25, -0.2) is 9.97 Å². The predicted octanol–water partition coefficient (Wildman–Crippen LogP) is 5.23. The fourth-order valence-electron chi connectivity index (χ4n) is 2.23. The Hall–Kier alpha value is -1.52. The fourth-order valence-corrected chi connectivity index (χ4v) is 3.05. The summed E-state index contributed by atoms with van der Waals surface area (Å²) in [5.74, 6) is 0.859. The van der Waals surface area contributed by atoms with Crippen LogP contribution in [0.15, 0.2) is 41.1 Å². The van der Waals surface area contributed by atoms with Crippen LogP contribution in [0.1, 0.15) is 25.5 Å². The molecule has 3 rings (SSSR count). The molecule has 0 saturated heterocycles. The molecule has 0 amide bonds. The smallest absolute Gasteiger partial charge is 0.163 e. The molecule has 1 aromatic carbocycles. The van der Waals surface area contributed by atoms with Crippen molar-refractivity contribution >= 4 is 38.3 Å². The largest absolute Gasteiger partial charge is 0.263 e. The maximum Gasteiger partial charge on any atom is 0.163 e. The Morgan fingerprint density at radius 2 is 1.86 bits per heavy atom. The number of aromatic nitrogens is 3. The third-order valence-electron chi connectivity index (χ3n) is 3.29. The second kappa shape index (κ2) is 5.70. The third-order valence-corrected chi connectivity index (χ3v) is 4.58. The van der Waals surface area contributed by atoms with Gasteiger partial charge in [-0.2, -0.15) is 0 Å². The molecule has 0 radical (unpaired) electrons. The van der Waals surface area contributed by atoms with Crippen LogP contribution in [0.5, 0.6) is 0 Å². The van der Waals surface area contributed by atoms with Crippen LogP contribution in [0.3, 0.4) is 0 Å². The van der Waals surface area contributed by atoms with Crippen molar-refractivity contribution in [1.82, 2.24) is 15.0 Å². The van der Waals surface area contributed by atoms with Gasteiger partial charge >= 0.3 is 0 Å². The summed E-state index contributed by atoms with van der Waals surface area (Å²) in [6.45, 7) is 4.16. The van der Waals surface area contributed by atoms with E-state index in [1.165, 1.54) is 0 Å². The zero-order valence-electron chi connectivity index (χ0n) is 11.6. The Kier molecular flexibility index (Phi) is 3.91. The van der Waals surface area contributed by atoms with Crippen molar-refractivity contribution in [2.45, 2.75) is 19.8 Å². The lowest BCUT2D eigenvalue weighted by molar-refractivity contribution is 0.809. The minimum Gasteiger partial charge on any atom is -0.263 e. The first-order valence-electron chi connectivity index (χ1n) is 6.64. The lowest BCUT2D eigenvalue weighted by Crippen LogP contribution is -2.01. The van der Waals surface area contributed by atoms with Gasteiger partial charge in [-0.1, -0.05) is 49.7 Å². The standard InChI is InChI=1S/C16H13BrClN3/c1-9(2)14-13(17)15(18)21-16(20-14)12-8-19-7-10-5-3-4-6-11(10)12/h3-9H,1-2H3. The molecular formula is C16H13BrClN3. The van der Waals surface area contributed by atoms with Crippen LogP contribution < -0.4 is 0 Å². The van der Waals surface area contributed by atoms with E-state index in [1.807, 2.05) is 30.5 Å². The molecule has 0 atom stereocenters. The van der Waals surface area contributed by atoms with Crippen LogP contribution in [-0.2, 0) is 0 Å². The van der Waals surface area contributed by atoms with Crippen LogP contribution >= 0.6 is 27.5 Å². The first-order chi connectivity index (χ1) is 10.1. The molecule has 0 fully saturated rings. The zero-order valence-corrected chi connectivity index (χ0v) is 14.0.